The second-order valence-electron chi connectivity index (χ2n) is 6.85. The van der Waals surface area contributed by atoms with Gasteiger partial charge in [-0.05, 0) is 38.9 Å². The maximum atomic E-state index is 12.6. The van der Waals surface area contributed by atoms with Crippen molar-refractivity contribution in [3.8, 4) is 0 Å². The van der Waals surface area contributed by atoms with Gasteiger partial charge >= 0.3 is 0 Å². The molecule has 0 bridgehead atoms. The predicted molar refractivity (Wildman–Crippen MR) is 97.9 cm³/mol. The minimum Gasteiger partial charge on any atom is -0.279 e. The third kappa shape index (κ3) is 2.79. The lowest BCUT2D eigenvalue weighted by molar-refractivity contribution is -0.142. The number of nitrogens with zero attached hydrogens (tertiary/aromatic N) is 3. The van der Waals surface area contributed by atoms with Crippen LogP contribution in [0.25, 0.3) is 10.2 Å². The number of benzene rings is 1. The van der Waals surface area contributed by atoms with Gasteiger partial charge in [0.15, 0.2) is 0 Å². The normalized spacial score (nSPS) is 24.4. The van der Waals surface area contributed by atoms with Gasteiger partial charge in [0, 0.05) is 0 Å². The summed E-state index contributed by atoms with van der Waals surface area (Å²) in [5, 5.41) is 1.00. The van der Waals surface area contributed by atoms with Gasteiger partial charge in [0.2, 0.25) is 11.8 Å². The van der Waals surface area contributed by atoms with Crippen LogP contribution in [-0.4, -0.2) is 40.3 Å². The minimum absolute atomic E-state index is 0.0253. The highest BCUT2D eigenvalue weighted by atomic mass is 32.1. The first-order chi connectivity index (χ1) is 12.1. The molecular weight excluding hydrogens is 334 g/mol. The maximum Gasteiger partial charge on any atom is 0.234 e. The Morgan fingerprint density at radius 3 is 2.48 bits per heavy atom. The number of carbonyl (C=O) groups excluding carboxylic acids is 2. The van der Waals surface area contributed by atoms with E-state index in [0.29, 0.717) is 19.5 Å². The van der Waals surface area contributed by atoms with Crippen molar-refractivity contribution < 1.29 is 9.59 Å². The van der Waals surface area contributed by atoms with Crippen molar-refractivity contribution in [2.45, 2.75) is 25.8 Å². The highest BCUT2D eigenvalue weighted by Gasteiger charge is 2.47. The molecule has 0 N–H and O–H groups in total. The van der Waals surface area contributed by atoms with E-state index < -0.39 is 0 Å². The number of allylic oxidation sites excluding steroid dienone is 2. The smallest absolute Gasteiger partial charge is 0.234 e. The fraction of sp³-hybridized carbons (Fsp3) is 0.421. The number of para-hydroxylation sites is 1. The summed E-state index contributed by atoms with van der Waals surface area (Å²) in [5.41, 5.74) is 0.994. The van der Waals surface area contributed by atoms with E-state index in [0.717, 1.165) is 15.2 Å². The van der Waals surface area contributed by atoms with Crippen LogP contribution in [0, 0.1) is 11.8 Å². The number of amides is 2. The van der Waals surface area contributed by atoms with Gasteiger partial charge in [0.1, 0.15) is 5.01 Å². The van der Waals surface area contributed by atoms with Crippen LogP contribution in [0.4, 0.5) is 0 Å². The van der Waals surface area contributed by atoms with Gasteiger partial charge in [0.05, 0.1) is 34.8 Å². The summed E-state index contributed by atoms with van der Waals surface area (Å²) in [6.45, 7) is 2.39. The molecule has 1 aliphatic heterocycles. The summed E-state index contributed by atoms with van der Waals surface area (Å²) in [7, 11) is 1.94. The molecule has 1 aliphatic carbocycles. The molecule has 1 fully saturated rings. The molecule has 0 saturated carbocycles. The van der Waals surface area contributed by atoms with Gasteiger partial charge in [-0.3, -0.25) is 19.4 Å². The lowest BCUT2D eigenvalue weighted by atomic mass is 9.85. The van der Waals surface area contributed by atoms with Crippen molar-refractivity contribution >= 4 is 33.4 Å². The average Bonchev–Trinajstić information content (AvgIpc) is 3.17. The lowest BCUT2D eigenvalue weighted by Gasteiger charge is -2.27. The van der Waals surface area contributed by atoms with E-state index in [2.05, 4.69) is 13.0 Å². The summed E-state index contributed by atoms with van der Waals surface area (Å²) < 4.78 is 1.16. The van der Waals surface area contributed by atoms with Crippen LogP contribution in [0.3, 0.4) is 0 Å². The van der Waals surface area contributed by atoms with Crippen LogP contribution in [-0.2, 0) is 9.59 Å². The number of rotatable bonds is 4. The number of aromatic nitrogens is 1. The molecule has 5 nitrogen and oxygen atoms in total. The first-order valence-electron chi connectivity index (χ1n) is 8.62. The molecule has 25 heavy (non-hydrogen) atoms. The Hall–Kier alpha value is -2.05. The van der Waals surface area contributed by atoms with E-state index in [-0.39, 0.29) is 29.7 Å². The first kappa shape index (κ1) is 16.4. The molecule has 1 saturated heterocycles. The quantitative estimate of drug-likeness (QED) is 0.624. The zero-order valence-corrected chi connectivity index (χ0v) is 15.2. The van der Waals surface area contributed by atoms with Crippen molar-refractivity contribution in [1.82, 2.24) is 14.8 Å². The summed E-state index contributed by atoms with van der Waals surface area (Å²) >= 11 is 1.66. The third-order valence-electron chi connectivity index (χ3n) is 5.29. The van der Waals surface area contributed by atoms with Gasteiger partial charge in [0.25, 0.3) is 0 Å². The largest absolute Gasteiger partial charge is 0.279 e. The fourth-order valence-electron chi connectivity index (χ4n) is 3.61. The van der Waals surface area contributed by atoms with E-state index in [1.807, 2.05) is 42.3 Å². The molecule has 1 aromatic heterocycles. The Balaban J connectivity index is 1.50. The summed E-state index contributed by atoms with van der Waals surface area (Å²) in [6, 6.07) is 8.11. The number of thiazole rings is 1. The maximum absolute atomic E-state index is 12.6. The predicted octanol–water partition coefficient (Wildman–Crippen LogP) is 3.20. The van der Waals surface area contributed by atoms with Gasteiger partial charge in [-0.15, -0.1) is 11.3 Å². The molecular formula is C19H21N3O2S. The van der Waals surface area contributed by atoms with Gasteiger partial charge in [-0.2, -0.15) is 0 Å². The highest BCUT2D eigenvalue weighted by molar-refractivity contribution is 7.18. The van der Waals surface area contributed by atoms with E-state index in [1.54, 1.807) is 11.3 Å². The number of imide groups is 1. The SMILES string of the molecule is CC(c1nc2ccccc2s1)N(C)CN1C(=O)C2CC=CCC2C1=O. The van der Waals surface area contributed by atoms with Crippen LogP contribution >= 0.6 is 11.3 Å². The van der Waals surface area contributed by atoms with Gasteiger partial charge in [-0.25, -0.2) is 4.98 Å². The number of carbonyl (C=O) groups is 2. The summed E-state index contributed by atoms with van der Waals surface area (Å²) in [6.07, 6.45) is 5.40. The van der Waals surface area contributed by atoms with Crippen molar-refractivity contribution in [2.24, 2.45) is 11.8 Å². The summed E-state index contributed by atoms with van der Waals surface area (Å²) in [5.74, 6) is -0.377. The Kier molecular flexibility index (Phi) is 4.17. The molecule has 130 valence electrons. The van der Waals surface area contributed by atoms with E-state index in [4.69, 9.17) is 4.98 Å². The van der Waals surface area contributed by atoms with Crippen molar-refractivity contribution in [2.75, 3.05) is 13.7 Å². The van der Waals surface area contributed by atoms with Crippen LogP contribution in [0.1, 0.15) is 30.8 Å². The number of likely N-dealkylation sites (tertiary alicyclic amines) is 1. The molecule has 3 unspecified atom stereocenters. The van der Waals surface area contributed by atoms with Gasteiger partial charge < -0.3 is 0 Å². The van der Waals surface area contributed by atoms with E-state index >= 15 is 0 Å². The Bertz CT molecular complexity index is 800. The molecule has 0 spiro atoms. The topological polar surface area (TPSA) is 53.5 Å². The molecule has 2 amide bonds. The molecule has 2 aromatic rings. The molecule has 6 heteroatoms. The van der Waals surface area contributed by atoms with Crippen LogP contribution in [0.5, 0.6) is 0 Å². The molecule has 4 rings (SSSR count). The zero-order valence-electron chi connectivity index (χ0n) is 14.4. The van der Waals surface area contributed by atoms with Crippen molar-refractivity contribution in [1.29, 1.82) is 0 Å². The van der Waals surface area contributed by atoms with Crippen molar-refractivity contribution in [3.05, 3.63) is 41.4 Å². The zero-order chi connectivity index (χ0) is 17.6. The van der Waals surface area contributed by atoms with Crippen molar-refractivity contribution in [3.63, 3.8) is 0 Å². The Morgan fingerprint density at radius 1 is 1.20 bits per heavy atom. The monoisotopic (exact) mass is 355 g/mol. The molecule has 0 radical (unpaired) electrons. The van der Waals surface area contributed by atoms with E-state index in [1.165, 1.54) is 4.90 Å². The fourth-order valence-corrected chi connectivity index (χ4v) is 4.70. The molecule has 3 atom stereocenters. The van der Waals surface area contributed by atoms with Gasteiger partial charge in [-0.1, -0.05) is 24.3 Å². The second-order valence-corrected chi connectivity index (χ2v) is 7.92. The summed E-state index contributed by atoms with van der Waals surface area (Å²) in [4.78, 5) is 33.4. The Labute approximate surface area is 150 Å². The molecule has 2 aliphatic rings. The standard InChI is InChI=1S/C19H21N3O2S/c1-12(17-20-15-9-5-6-10-16(15)25-17)21(2)11-22-18(23)13-7-3-4-8-14(13)19(22)24/h3-6,9-10,12-14H,7-8,11H2,1-2H3. The number of fused-ring (bicyclic) bond motifs is 2. The van der Waals surface area contributed by atoms with Crippen LogP contribution in [0.15, 0.2) is 36.4 Å². The number of hydrogen-bond acceptors (Lipinski definition) is 5. The highest BCUT2D eigenvalue weighted by Crippen LogP contribution is 2.36. The Morgan fingerprint density at radius 2 is 1.84 bits per heavy atom. The first-order valence-corrected chi connectivity index (χ1v) is 9.44. The molecule has 2 heterocycles. The van der Waals surface area contributed by atoms with Crippen LogP contribution < -0.4 is 0 Å². The van der Waals surface area contributed by atoms with E-state index in [9.17, 15) is 9.59 Å². The van der Waals surface area contributed by atoms with Crippen LogP contribution in [0.2, 0.25) is 0 Å². The third-order valence-corrected chi connectivity index (χ3v) is 6.50. The lowest BCUT2D eigenvalue weighted by Crippen LogP contribution is -2.41. The average molecular weight is 355 g/mol. The second kappa shape index (κ2) is 6.35. The molecule has 1 aromatic carbocycles. The minimum atomic E-state index is -0.163. The number of hydrogen-bond donors (Lipinski definition) is 0.